The van der Waals surface area contributed by atoms with Gasteiger partial charge in [-0.15, -0.1) is 0 Å². The van der Waals surface area contributed by atoms with Gasteiger partial charge in [0.2, 0.25) is 0 Å². The lowest BCUT2D eigenvalue weighted by molar-refractivity contribution is 0.0781. The molecule has 2 rings (SSSR count). The number of nitrogens with one attached hydrogen (secondary N) is 1. The lowest BCUT2D eigenvalue weighted by atomic mass is 9.90. The number of carbonyl (C=O) groups excluding carboxylic acids is 1. The summed E-state index contributed by atoms with van der Waals surface area (Å²) < 4.78 is 0. The van der Waals surface area contributed by atoms with Gasteiger partial charge in [0.05, 0.1) is 23.1 Å². The molecule has 20 heavy (non-hydrogen) atoms. The van der Waals surface area contributed by atoms with Crippen LogP contribution in [0.15, 0.2) is 24.6 Å². The zero-order valence-corrected chi connectivity index (χ0v) is 11.5. The molecule has 0 saturated carbocycles. The number of carbonyl (C=O) groups is 1. The van der Waals surface area contributed by atoms with E-state index in [2.05, 4.69) is 12.5 Å². The van der Waals surface area contributed by atoms with Crippen LogP contribution in [-0.4, -0.2) is 11.0 Å². The fourth-order valence-corrected chi connectivity index (χ4v) is 2.08. The molecule has 1 radical (unpaired) electrons. The molecule has 1 aliphatic heterocycles. The first-order chi connectivity index (χ1) is 9.34. The third kappa shape index (κ3) is 2.61. The second-order valence-electron chi connectivity index (χ2n) is 5.08. The molecule has 6 heteroatoms. The van der Waals surface area contributed by atoms with Crippen LogP contribution in [-0.2, 0) is 16.9 Å². The van der Waals surface area contributed by atoms with E-state index >= 15 is 0 Å². The van der Waals surface area contributed by atoms with Crippen LogP contribution in [0.4, 0.5) is 5.69 Å². The summed E-state index contributed by atoms with van der Waals surface area (Å²) in [5, 5.41) is 11.9. The molecule has 6 nitrogen and oxygen atoms in total. The van der Waals surface area contributed by atoms with Crippen molar-refractivity contribution in [3.05, 3.63) is 48.2 Å². The Morgan fingerprint density at radius 3 is 2.70 bits per heavy atom. The molecule has 0 atom stereocenters. The highest BCUT2D eigenvalue weighted by molar-refractivity contribution is 6.00. The fraction of sp³-hybridized carbons (Fsp3) is 0.286. The van der Waals surface area contributed by atoms with E-state index < -0.39 is 11.5 Å². The van der Waals surface area contributed by atoms with Crippen molar-refractivity contribution >= 4 is 11.6 Å². The predicted octanol–water partition coefficient (Wildman–Crippen LogP) is 1.12. The minimum atomic E-state index is -1.15. The summed E-state index contributed by atoms with van der Waals surface area (Å²) in [5.74, 6) is -0.581. The number of primary amides is 1. The minimum Gasteiger partial charge on any atom is -0.395 e. The third-order valence-corrected chi connectivity index (χ3v) is 3.05. The van der Waals surface area contributed by atoms with Crippen LogP contribution >= 0.6 is 0 Å². The summed E-state index contributed by atoms with van der Waals surface area (Å²) in [7, 11) is 0. The van der Waals surface area contributed by atoms with Crippen molar-refractivity contribution in [1.82, 2.24) is 5.59 Å². The Bertz CT molecular complexity index is 562. The van der Waals surface area contributed by atoms with E-state index in [-0.39, 0.29) is 0 Å². The quantitative estimate of drug-likeness (QED) is 0.767. The summed E-state index contributed by atoms with van der Waals surface area (Å²) >= 11 is 0. The Morgan fingerprint density at radius 1 is 1.55 bits per heavy atom. The second-order valence-corrected chi connectivity index (χ2v) is 5.08. The van der Waals surface area contributed by atoms with E-state index in [1.807, 2.05) is 6.07 Å². The maximum atomic E-state index is 11.7. The van der Waals surface area contributed by atoms with E-state index in [0.29, 0.717) is 23.2 Å². The monoisotopic (exact) mass is 276 g/mol. The van der Waals surface area contributed by atoms with Crippen LogP contribution in [0.2, 0.25) is 0 Å². The number of aliphatic hydroxyl groups is 1. The number of hydrazine groups is 1. The van der Waals surface area contributed by atoms with Gasteiger partial charge in [-0.3, -0.25) is 4.79 Å². The van der Waals surface area contributed by atoms with Gasteiger partial charge in [0.25, 0.3) is 5.91 Å². The molecule has 0 spiro atoms. The van der Waals surface area contributed by atoms with Gasteiger partial charge in [0.15, 0.2) is 0 Å². The highest BCUT2D eigenvalue weighted by Gasteiger charge is 2.28. The van der Waals surface area contributed by atoms with Crippen molar-refractivity contribution in [2.24, 2.45) is 5.73 Å². The normalized spacial score (nSPS) is 14.5. The van der Waals surface area contributed by atoms with E-state index in [4.69, 9.17) is 10.6 Å². The number of hydrogen-bond donors (Lipinski definition) is 3. The highest BCUT2D eigenvalue weighted by atomic mass is 16.7. The summed E-state index contributed by atoms with van der Waals surface area (Å²) in [4.78, 5) is 16.6. The average molecular weight is 276 g/mol. The van der Waals surface area contributed by atoms with Gasteiger partial charge in [-0.05, 0) is 38.8 Å². The number of rotatable bonds is 4. The number of nitrogens with zero attached hydrogens (tertiary/aromatic N) is 1. The molecule has 1 heterocycles. The lowest BCUT2D eigenvalue weighted by Crippen LogP contribution is -2.33. The van der Waals surface area contributed by atoms with Crippen molar-refractivity contribution in [3.63, 3.8) is 0 Å². The minimum absolute atomic E-state index is 0.297. The topological polar surface area (TPSA) is 87.8 Å². The second kappa shape index (κ2) is 5.15. The van der Waals surface area contributed by atoms with Crippen LogP contribution < -0.4 is 16.3 Å². The van der Waals surface area contributed by atoms with Gasteiger partial charge in [0.1, 0.15) is 6.26 Å². The van der Waals surface area contributed by atoms with E-state index in [1.54, 1.807) is 26.1 Å². The van der Waals surface area contributed by atoms with Crippen LogP contribution in [0, 0.1) is 6.92 Å². The first-order valence-corrected chi connectivity index (χ1v) is 6.20. The molecule has 107 valence electrons. The zero-order valence-electron chi connectivity index (χ0n) is 11.5. The lowest BCUT2D eigenvalue weighted by Gasteiger charge is -2.28. The smallest absolute Gasteiger partial charge is 0.250 e. The first kappa shape index (κ1) is 14.4. The van der Waals surface area contributed by atoms with Gasteiger partial charge in [0, 0.05) is 5.56 Å². The molecule has 1 aliphatic rings. The molecule has 0 aliphatic carbocycles. The van der Waals surface area contributed by atoms with Gasteiger partial charge < -0.3 is 15.7 Å². The molecule has 1 aromatic carbocycles. The van der Waals surface area contributed by atoms with Crippen molar-refractivity contribution in [1.29, 1.82) is 0 Å². The van der Waals surface area contributed by atoms with Crippen LogP contribution in [0.25, 0.3) is 0 Å². The van der Waals surface area contributed by atoms with Crippen molar-refractivity contribution < 1.29 is 14.7 Å². The van der Waals surface area contributed by atoms with Crippen molar-refractivity contribution in [3.8, 4) is 0 Å². The molecule has 0 fully saturated rings. The number of anilines is 1. The van der Waals surface area contributed by atoms with Gasteiger partial charge >= 0.3 is 0 Å². The first-order valence-electron chi connectivity index (χ1n) is 6.20. The Labute approximate surface area is 117 Å². The van der Waals surface area contributed by atoms with Crippen LogP contribution in [0.3, 0.4) is 0 Å². The Hall–Kier alpha value is -2.05. The number of nitrogens with two attached hydrogens (primary N) is 1. The molecule has 1 aromatic rings. The Kier molecular flexibility index (Phi) is 3.69. The molecular formula is C14H18N3O3. The van der Waals surface area contributed by atoms with E-state index in [9.17, 15) is 9.90 Å². The maximum absolute atomic E-state index is 11.7. The number of amides is 1. The molecule has 0 unspecified atom stereocenters. The van der Waals surface area contributed by atoms with Crippen molar-refractivity contribution in [2.75, 3.05) is 5.01 Å². The summed E-state index contributed by atoms with van der Waals surface area (Å²) in [6, 6.07) is 3.48. The van der Waals surface area contributed by atoms with E-state index in [1.165, 1.54) is 11.3 Å². The molecule has 0 aromatic heterocycles. The van der Waals surface area contributed by atoms with Crippen LogP contribution in [0.1, 0.15) is 35.3 Å². The molecule has 0 saturated heterocycles. The Morgan fingerprint density at radius 2 is 2.25 bits per heavy atom. The largest absolute Gasteiger partial charge is 0.395 e. The number of benzene rings is 1. The average Bonchev–Trinajstić information content (AvgIpc) is 2.89. The maximum Gasteiger partial charge on any atom is 0.250 e. The van der Waals surface area contributed by atoms with Gasteiger partial charge in [-0.2, -0.15) is 0 Å². The highest BCUT2D eigenvalue weighted by Crippen LogP contribution is 2.35. The van der Waals surface area contributed by atoms with E-state index in [0.717, 1.165) is 5.56 Å². The zero-order chi connectivity index (χ0) is 14.9. The number of hydrogen-bond acceptors (Lipinski definition) is 5. The summed E-state index contributed by atoms with van der Waals surface area (Å²) in [6.45, 7) is 7.09. The summed E-state index contributed by atoms with van der Waals surface area (Å²) in [5.41, 5.74) is 9.07. The fourth-order valence-electron chi connectivity index (χ4n) is 2.08. The molecule has 1 amide bonds. The third-order valence-electron chi connectivity index (χ3n) is 3.05. The molecule has 4 N–H and O–H groups in total. The van der Waals surface area contributed by atoms with Gasteiger partial charge in [-0.25, -0.2) is 5.01 Å². The van der Waals surface area contributed by atoms with Crippen molar-refractivity contribution in [2.45, 2.75) is 25.9 Å². The predicted molar refractivity (Wildman–Crippen MR) is 75.1 cm³/mol. The summed E-state index contributed by atoms with van der Waals surface area (Å²) in [6.07, 6.45) is 3.51. The molecule has 0 bridgehead atoms. The standard InChI is InChI=1S/C14H18N3O3/c1-4-9-7-10(13(15)18)12(17-5-6-20-16-17)11(8-9)14(2,3)19/h5-8,16,19H,1,4H2,2-3H3,(H2,15,18). The molecular weight excluding hydrogens is 258 g/mol. The van der Waals surface area contributed by atoms with Crippen LogP contribution in [0.5, 0.6) is 0 Å². The SMILES string of the molecule is [CH2]Cc1cc(C(N)=O)c(N2C=CON2)c(C(C)(C)O)c1. The Balaban J connectivity index is 2.71. The van der Waals surface area contributed by atoms with Gasteiger partial charge in [-0.1, -0.05) is 11.7 Å².